The van der Waals surface area contributed by atoms with Crippen molar-refractivity contribution in [2.45, 2.75) is 13.0 Å². The number of nitrogens with zero attached hydrogens (tertiary/aromatic N) is 1. The first kappa shape index (κ1) is 25.3. The first-order valence-electron chi connectivity index (χ1n) is 11.2. The van der Waals surface area contributed by atoms with Crippen molar-refractivity contribution >= 4 is 45.5 Å². The van der Waals surface area contributed by atoms with Crippen molar-refractivity contribution in [2.24, 2.45) is 0 Å². The Labute approximate surface area is 221 Å². The molecule has 1 amide bonds. The first-order valence-corrected chi connectivity index (χ1v) is 12.3. The molecule has 0 aliphatic carbocycles. The number of halogens is 2. The van der Waals surface area contributed by atoms with E-state index in [1.165, 1.54) is 25.3 Å². The third kappa shape index (κ3) is 6.04. The summed E-state index contributed by atoms with van der Waals surface area (Å²) in [6, 6.07) is 19.6. The van der Waals surface area contributed by atoms with Crippen LogP contribution in [-0.2, 0) is 17.8 Å². The number of nitrogens with one attached hydrogen (secondary N) is 2. The molecule has 0 unspecified atom stereocenters. The number of methoxy groups -OCH3 is 1. The molecule has 6 nitrogen and oxygen atoms in total. The fourth-order valence-electron chi connectivity index (χ4n) is 3.81. The van der Waals surface area contributed by atoms with Gasteiger partial charge in [-0.05, 0) is 82.1 Å². The molecule has 8 heteroatoms. The van der Waals surface area contributed by atoms with Gasteiger partial charge in [0.1, 0.15) is 24.1 Å². The zero-order chi connectivity index (χ0) is 25.5. The third-order valence-corrected chi connectivity index (χ3v) is 6.36. The lowest BCUT2D eigenvalue weighted by Gasteiger charge is -2.14. The Morgan fingerprint density at radius 1 is 1.19 bits per heavy atom. The molecule has 3 aromatic carbocycles. The van der Waals surface area contributed by atoms with Crippen LogP contribution in [0.1, 0.15) is 16.7 Å². The van der Waals surface area contributed by atoms with Crippen LogP contribution >= 0.6 is 22.6 Å². The van der Waals surface area contributed by atoms with Crippen molar-refractivity contribution < 1.29 is 18.7 Å². The van der Waals surface area contributed by atoms with Crippen LogP contribution < -0.4 is 14.8 Å². The molecule has 0 saturated carbocycles. The molecule has 0 spiro atoms. The summed E-state index contributed by atoms with van der Waals surface area (Å²) < 4.78 is 25.5. The van der Waals surface area contributed by atoms with E-state index in [0.29, 0.717) is 35.6 Å². The van der Waals surface area contributed by atoms with E-state index >= 15 is 0 Å². The summed E-state index contributed by atoms with van der Waals surface area (Å²) in [4.78, 5) is 15.9. The van der Waals surface area contributed by atoms with Gasteiger partial charge in [0.05, 0.1) is 10.7 Å². The van der Waals surface area contributed by atoms with Crippen molar-refractivity contribution in [3.63, 3.8) is 0 Å². The van der Waals surface area contributed by atoms with E-state index in [1.807, 2.05) is 36.5 Å². The molecule has 0 atom stereocenters. The number of carbonyl (C=O) groups excluding carboxylic acids is 1. The summed E-state index contributed by atoms with van der Waals surface area (Å²) in [5.41, 5.74) is 3.44. The topological polar surface area (TPSA) is 87.1 Å². The summed E-state index contributed by atoms with van der Waals surface area (Å²) in [7, 11) is 1.51. The predicted molar refractivity (Wildman–Crippen MR) is 145 cm³/mol. The number of fused-ring (bicyclic) bond motifs is 1. The molecular weight excluding hydrogens is 572 g/mol. The predicted octanol–water partition coefficient (Wildman–Crippen LogP) is 5.77. The van der Waals surface area contributed by atoms with Crippen LogP contribution in [0.3, 0.4) is 0 Å². The van der Waals surface area contributed by atoms with E-state index in [2.05, 4.69) is 32.9 Å². The van der Waals surface area contributed by atoms with Crippen molar-refractivity contribution in [1.29, 1.82) is 5.26 Å². The van der Waals surface area contributed by atoms with Crippen molar-refractivity contribution in [1.82, 2.24) is 10.3 Å². The van der Waals surface area contributed by atoms with Gasteiger partial charge in [-0.1, -0.05) is 30.3 Å². The molecule has 36 heavy (non-hydrogen) atoms. The molecule has 182 valence electrons. The Hall–Kier alpha value is -3.84. The molecule has 1 aromatic heterocycles. The SMILES string of the molecule is COc1cc(/C=C(/C#N)C(=O)NCCc2c[nH]c3ccccc23)cc(I)c1OCc1cccc(F)c1. The number of carbonyl (C=O) groups is 1. The molecule has 0 aliphatic heterocycles. The van der Waals surface area contributed by atoms with Crippen LogP contribution in [0.4, 0.5) is 4.39 Å². The van der Waals surface area contributed by atoms with Gasteiger partial charge in [0.25, 0.3) is 5.91 Å². The van der Waals surface area contributed by atoms with E-state index in [9.17, 15) is 14.4 Å². The minimum Gasteiger partial charge on any atom is -0.493 e. The number of H-pyrrole nitrogens is 1. The van der Waals surface area contributed by atoms with Crippen molar-refractivity contribution in [3.05, 3.63) is 98.5 Å². The Bertz CT molecular complexity index is 1470. The van der Waals surface area contributed by atoms with Crippen molar-refractivity contribution in [3.8, 4) is 17.6 Å². The van der Waals surface area contributed by atoms with Crippen LogP contribution in [0.5, 0.6) is 11.5 Å². The van der Waals surface area contributed by atoms with Crippen LogP contribution in [0.2, 0.25) is 0 Å². The average molecular weight is 595 g/mol. The number of hydrogen-bond acceptors (Lipinski definition) is 4. The Morgan fingerprint density at radius 2 is 2.03 bits per heavy atom. The standard InChI is InChI=1S/C28H23FIN3O3/c1-35-26-14-19(13-24(30)27(26)36-17-18-5-4-6-22(29)12-18)11-21(15-31)28(34)32-10-9-20-16-33-25-8-3-2-7-23(20)25/h2-8,11-14,16,33H,9-10,17H2,1H3,(H,32,34)/b21-11-. The maximum absolute atomic E-state index is 13.5. The summed E-state index contributed by atoms with van der Waals surface area (Å²) in [5.74, 6) is 0.169. The van der Waals surface area contributed by atoms with Gasteiger partial charge >= 0.3 is 0 Å². The number of benzene rings is 3. The van der Waals surface area contributed by atoms with Gasteiger partial charge in [-0.15, -0.1) is 0 Å². The normalized spacial score (nSPS) is 11.2. The summed E-state index contributed by atoms with van der Waals surface area (Å²) in [6.45, 7) is 0.564. The molecule has 0 fully saturated rings. The Kier molecular flexibility index (Phi) is 8.23. The van der Waals surface area contributed by atoms with E-state index in [4.69, 9.17) is 9.47 Å². The van der Waals surface area contributed by atoms with Crippen LogP contribution in [0.25, 0.3) is 17.0 Å². The second-order valence-electron chi connectivity index (χ2n) is 7.99. The van der Waals surface area contributed by atoms with Gasteiger partial charge in [0.2, 0.25) is 0 Å². The highest BCUT2D eigenvalue weighted by molar-refractivity contribution is 14.1. The highest BCUT2D eigenvalue weighted by atomic mass is 127. The van der Waals surface area contributed by atoms with Gasteiger partial charge < -0.3 is 19.8 Å². The van der Waals surface area contributed by atoms with Gasteiger partial charge in [-0.2, -0.15) is 5.26 Å². The number of para-hydroxylation sites is 1. The summed E-state index contributed by atoms with van der Waals surface area (Å²) in [6.07, 6.45) is 4.09. The Morgan fingerprint density at radius 3 is 2.81 bits per heavy atom. The molecule has 1 heterocycles. The first-order chi connectivity index (χ1) is 17.5. The molecule has 4 rings (SSSR count). The largest absolute Gasteiger partial charge is 0.493 e. The van der Waals surface area contributed by atoms with Crippen LogP contribution in [0.15, 0.2) is 72.4 Å². The number of ether oxygens (including phenoxy) is 2. The van der Waals surface area contributed by atoms with E-state index in [1.54, 1.807) is 24.3 Å². The van der Waals surface area contributed by atoms with Crippen LogP contribution in [-0.4, -0.2) is 24.5 Å². The highest BCUT2D eigenvalue weighted by Crippen LogP contribution is 2.35. The molecule has 0 aliphatic rings. The third-order valence-electron chi connectivity index (χ3n) is 5.55. The minimum atomic E-state index is -0.447. The number of aromatic amines is 1. The Balaban J connectivity index is 1.44. The molecule has 0 bridgehead atoms. The zero-order valence-corrected chi connectivity index (χ0v) is 21.6. The van der Waals surface area contributed by atoms with E-state index in [-0.39, 0.29) is 18.0 Å². The fourth-order valence-corrected chi connectivity index (χ4v) is 4.59. The van der Waals surface area contributed by atoms with Crippen LogP contribution in [0, 0.1) is 20.7 Å². The number of nitriles is 1. The smallest absolute Gasteiger partial charge is 0.261 e. The van der Waals surface area contributed by atoms with Gasteiger partial charge in [0.15, 0.2) is 11.5 Å². The van der Waals surface area contributed by atoms with Gasteiger partial charge in [-0.25, -0.2) is 4.39 Å². The average Bonchev–Trinajstić information content (AvgIpc) is 3.29. The number of amides is 1. The number of hydrogen-bond donors (Lipinski definition) is 2. The second kappa shape index (κ2) is 11.7. The lowest BCUT2D eigenvalue weighted by atomic mass is 10.1. The lowest BCUT2D eigenvalue weighted by molar-refractivity contribution is -0.117. The summed E-state index contributed by atoms with van der Waals surface area (Å²) >= 11 is 2.10. The van der Waals surface area contributed by atoms with Crippen molar-refractivity contribution in [2.75, 3.05) is 13.7 Å². The maximum Gasteiger partial charge on any atom is 0.261 e. The quantitative estimate of drug-likeness (QED) is 0.146. The molecule has 0 saturated heterocycles. The lowest BCUT2D eigenvalue weighted by Crippen LogP contribution is -2.26. The fraction of sp³-hybridized carbons (Fsp3) is 0.143. The van der Waals surface area contributed by atoms with Gasteiger partial charge in [-0.3, -0.25) is 4.79 Å². The van der Waals surface area contributed by atoms with E-state index < -0.39 is 5.91 Å². The summed E-state index contributed by atoms with van der Waals surface area (Å²) in [5, 5.41) is 13.5. The molecule has 0 radical (unpaired) electrons. The van der Waals surface area contributed by atoms with Gasteiger partial charge in [0, 0.05) is 23.6 Å². The highest BCUT2D eigenvalue weighted by Gasteiger charge is 2.14. The van der Waals surface area contributed by atoms with E-state index in [0.717, 1.165) is 20.0 Å². The zero-order valence-electron chi connectivity index (χ0n) is 19.5. The monoisotopic (exact) mass is 595 g/mol. The molecular formula is C28H23FIN3O3. The molecule has 4 aromatic rings. The number of aromatic nitrogens is 1. The maximum atomic E-state index is 13.5. The second-order valence-corrected chi connectivity index (χ2v) is 9.15. The minimum absolute atomic E-state index is 0.0137. The number of rotatable bonds is 9. The molecule has 2 N–H and O–H groups in total.